The standard InChI is InChI=1S/C17H18N2O5/c1-11(2)24-17(20)15(18-21)10-9-13-8-7-12-5-3-4-6-14(12)16(13)19(22)23/h3-8,11,21H,9-10H2,1-2H3. The lowest BCUT2D eigenvalue weighted by Gasteiger charge is -2.09. The first-order valence-corrected chi connectivity index (χ1v) is 7.51. The van der Waals surface area contributed by atoms with Gasteiger partial charge in [-0.15, -0.1) is 0 Å². The molecule has 0 aliphatic rings. The molecular formula is C17H18N2O5. The quantitative estimate of drug-likeness (QED) is 0.287. The lowest BCUT2D eigenvalue weighted by atomic mass is 10.00. The van der Waals surface area contributed by atoms with E-state index in [0.717, 1.165) is 5.39 Å². The fraction of sp³-hybridized carbons (Fsp3) is 0.294. The Morgan fingerprint density at radius 1 is 1.29 bits per heavy atom. The van der Waals surface area contributed by atoms with Gasteiger partial charge in [-0.05, 0) is 31.7 Å². The number of carbonyl (C=O) groups excluding carboxylic acids is 1. The van der Waals surface area contributed by atoms with Crippen molar-refractivity contribution in [2.75, 3.05) is 0 Å². The molecule has 0 unspecified atom stereocenters. The maximum absolute atomic E-state index is 11.8. The maximum atomic E-state index is 11.8. The SMILES string of the molecule is CC(C)OC(=O)C(CCc1ccc2ccccc2c1[N+](=O)[O-])=NO. The average molecular weight is 330 g/mol. The van der Waals surface area contributed by atoms with Crippen molar-refractivity contribution < 1.29 is 19.7 Å². The van der Waals surface area contributed by atoms with Gasteiger partial charge in [0.2, 0.25) is 0 Å². The van der Waals surface area contributed by atoms with Gasteiger partial charge in [-0.1, -0.05) is 35.5 Å². The zero-order chi connectivity index (χ0) is 17.7. The van der Waals surface area contributed by atoms with Crippen LogP contribution in [-0.2, 0) is 16.0 Å². The van der Waals surface area contributed by atoms with Crippen LogP contribution >= 0.6 is 0 Å². The number of hydrogen-bond acceptors (Lipinski definition) is 6. The third-order valence-corrected chi connectivity index (χ3v) is 3.50. The summed E-state index contributed by atoms with van der Waals surface area (Å²) in [6.45, 7) is 3.36. The molecule has 1 N–H and O–H groups in total. The number of carbonyl (C=O) groups is 1. The van der Waals surface area contributed by atoms with E-state index in [0.29, 0.717) is 10.9 Å². The van der Waals surface area contributed by atoms with Crippen molar-refractivity contribution in [2.24, 2.45) is 5.16 Å². The van der Waals surface area contributed by atoms with E-state index in [1.54, 1.807) is 44.2 Å². The van der Waals surface area contributed by atoms with Gasteiger partial charge in [-0.3, -0.25) is 10.1 Å². The summed E-state index contributed by atoms with van der Waals surface area (Å²) >= 11 is 0. The number of nitrogens with zero attached hydrogens (tertiary/aromatic N) is 2. The molecule has 2 aromatic rings. The molecule has 0 atom stereocenters. The topological polar surface area (TPSA) is 102 Å². The molecule has 0 aliphatic carbocycles. The van der Waals surface area contributed by atoms with Crippen LogP contribution in [0.1, 0.15) is 25.8 Å². The molecule has 24 heavy (non-hydrogen) atoms. The van der Waals surface area contributed by atoms with E-state index < -0.39 is 10.9 Å². The van der Waals surface area contributed by atoms with Gasteiger partial charge in [0.25, 0.3) is 5.69 Å². The summed E-state index contributed by atoms with van der Waals surface area (Å²) in [6.07, 6.45) is -0.112. The molecule has 0 heterocycles. The second-order valence-corrected chi connectivity index (χ2v) is 5.55. The van der Waals surface area contributed by atoms with Crippen LogP contribution in [0, 0.1) is 10.1 Å². The van der Waals surface area contributed by atoms with Crippen molar-refractivity contribution in [1.29, 1.82) is 0 Å². The lowest BCUT2D eigenvalue weighted by Crippen LogP contribution is -2.22. The van der Waals surface area contributed by atoms with Crippen LogP contribution < -0.4 is 0 Å². The summed E-state index contributed by atoms with van der Waals surface area (Å²) in [5, 5.41) is 24.7. The third-order valence-electron chi connectivity index (χ3n) is 3.50. The Morgan fingerprint density at radius 2 is 2.00 bits per heavy atom. The zero-order valence-electron chi connectivity index (χ0n) is 13.4. The highest BCUT2D eigenvalue weighted by Crippen LogP contribution is 2.30. The van der Waals surface area contributed by atoms with Gasteiger partial charge in [0.05, 0.1) is 16.4 Å². The monoisotopic (exact) mass is 330 g/mol. The summed E-state index contributed by atoms with van der Waals surface area (Å²) in [5.74, 6) is -0.726. The van der Waals surface area contributed by atoms with Crippen LogP contribution in [-0.4, -0.2) is 27.9 Å². The molecule has 0 bridgehead atoms. The second kappa shape index (κ2) is 7.54. The summed E-state index contributed by atoms with van der Waals surface area (Å²) in [7, 11) is 0. The first-order chi connectivity index (χ1) is 11.4. The molecule has 7 nitrogen and oxygen atoms in total. The molecule has 0 aliphatic heterocycles. The van der Waals surface area contributed by atoms with Crippen LogP contribution in [0.5, 0.6) is 0 Å². The molecule has 0 spiro atoms. The maximum Gasteiger partial charge on any atom is 0.356 e. The molecule has 7 heteroatoms. The normalized spacial score (nSPS) is 11.7. The van der Waals surface area contributed by atoms with Crippen LogP contribution in [0.4, 0.5) is 5.69 Å². The Bertz CT molecular complexity index is 799. The largest absolute Gasteiger partial charge is 0.458 e. The number of rotatable bonds is 6. The summed E-state index contributed by atoms with van der Waals surface area (Å²) in [5.41, 5.74) is 0.311. The molecule has 2 rings (SSSR count). The van der Waals surface area contributed by atoms with Gasteiger partial charge in [0.1, 0.15) is 0 Å². The Morgan fingerprint density at radius 3 is 2.62 bits per heavy atom. The molecule has 2 aromatic carbocycles. The van der Waals surface area contributed by atoms with Crippen molar-refractivity contribution in [1.82, 2.24) is 0 Å². The van der Waals surface area contributed by atoms with E-state index >= 15 is 0 Å². The highest BCUT2D eigenvalue weighted by molar-refractivity contribution is 6.36. The number of fused-ring (bicyclic) bond motifs is 1. The predicted molar refractivity (Wildman–Crippen MR) is 89.4 cm³/mol. The minimum absolute atomic E-state index is 0.00242. The number of aryl methyl sites for hydroxylation is 1. The first kappa shape index (κ1) is 17.4. The van der Waals surface area contributed by atoms with Crippen LogP contribution in [0.25, 0.3) is 10.8 Å². The predicted octanol–water partition coefficient (Wildman–Crippen LogP) is 3.46. The number of oxime groups is 1. The van der Waals surface area contributed by atoms with Gasteiger partial charge in [0, 0.05) is 12.0 Å². The van der Waals surface area contributed by atoms with E-state index in [9.17, 15) is 14.9 Å². The van der Waals surface area contributed by atoms with Crippen molar-refractivity contribution in [3.63, 3.8) is 0 Å². The molecule has 0 radical (unpaired) electrons. The number of esters is 1. The van der Waals surface area contributed by atoms with E-state index in [1.807, 2.05) is 6.07 Å². The van der Waals surface area contributed by atoms with Crippen molar-refractivity contribution in [2.45, 2.75) is 32.8 Å². The Hall–Kier alpha value is -2.96. The lowest BCUT2D eigenvalue weighted by molar-refractivity contribution is -0.383. The van der Waals surface area contributed by atoms with Gasteiger partial charge in [0.15, 0.2) is 5.71 Å². The first-order valence-electron chi connectivity index (χ1n) is 7.51. The molecule has 0 fully saturated rings. The third kappa shape index (κ3) is 3.87. The highest BCUT2D eigenvalue weighted by Gasteiger charge is 2.21. The van der Waals surface area contributed by atoms with Gasteiger partial charge in [-0.25, -0.2) is 4.79 Å². The van der Waals surface area contributed by atoms with E-state index in [2.05, 4.69) is 5.16 Å². The van der Waals surface area contributed by atoms with E-state index in [4.69, 9.17) is 9.94 Å². The smallest absolute Gasteiger partial charge is 0.356 e. The van der Waals surface area contributed by atoms with Crippen molar-refractivity contribution in [3.05, 3.63) is 52.1 Å². The molecular weight excluding hydrogens is 312 g/mol. The summed E-state index contributed by atoms with van der Waals surface area (Å²) < 4.78 is 4.98. The minimum Gasteiger partial charge on any atom is -0.458 e. The number of benzene rings is 2. The molecule has 0 aromatic heterocycles. The molecule has 0 saturated carbocycles. The average Bonchev–Trinajstić information content (AvgIpc) is 2.53. The molecule has 0 saturated heterocycles. The van der Waals surface area contributed by atoms with Gasteiger partial charge < -0.3 is 9.94 Å². The number of hydrogen-bond donors (Lipinski definition) is 1. The van der Waals surface area contributed by atoms with Crippen molar-refractivity contribution in [3.8, 4) is 0 Å². The number of ether oxygens (including phenoxy) is 1. The van der Waals surface area contributed by atoms with Crippen molar-refractivity contribution >= 4 is 28.1 Å². The fourth-order valence-electron chi connectivity index (χ4n) is 2.45. The second-order valence-electron chi connectivity index (χ2n) is 5.55. The summed E-state index contributed by atoms with van der Waals surface area (Å²) in [6, 6.07) is 10.5. The fourth-order valence-corrected chi connectivity index (χ4v) is 2.45. The van der Waals surface area contributed by atoms with Crippen LogP contribution in [0.15, 0.2) is 41.6 Å². The minimum atomic E-state index is -0.726. The molecule has 0 amide bonds. The summed E-state index contributed by atoms with van der Waals surface area (Å²) in [4.78, 5) is 22.8. The highest BCUT2D eigenvalue weighted by atomic mass is 16.6. The number of nitro benzene ring substituents is 1. The molecule has 126 valence electrons. The van der Waals surface area contributed by atoms with Gasteiger partial charge in [-0.2, -0.15) is 0 Å². The van der Waals surface area contributed by atoms with Crippen LogP contribution in [0.3, 0.4) is 0 Å². The van der Waals surface area contributed by atoms with E-state index in [-0.39, 0.29) is 30.3 Å². The zero-order valence-corrected chi connectivity index (χ0v) is 13.4. The Balaban J connectivity index is 2.28. The van der Waals surface area contributed by atoms with E-state index in [1.165, 1.54) is 0 Å². The Kier molecular flexibility index (Phi) is 5.47. The van der Waals surface area contributed by atoms with Gasteiger partial charge >= 0.3 is 5.97 Å². The Labute approximate surface area is 138 Å². The van der Waals surface area contributed by atoms with Crippen LogP contribution in [0.2, 0.25) is 0 Å². The number of nitro groups is 1.